The van der Waals surface area contributed by atoms with Crippen LogP contribution in [0.3, 0.4) is 0 Å². The predicted octanol–water partition coefficient (Wildman–Crippen LogP) is 5.09. The summed E-state index contributed by atoms with van der Waals surface area (Å²) in [7, 11) is 3.17. The van der Waals surface area contributed by atoms with Gasteiger partial charge in [0.05, 0.1) is 19.9 Å². The third-order valence-corrected chi connectivity index (χ3v) is 6.08. The van der Waals surface area contributed by atoms with Gasteiger partial charge in [-0.2, -0.15) is 0 Å². The molecule has 1 aromatic heterocycles. The van der Waals surface area contributed by atoms with Gasteiger partial charge in [-0.15, -0.1) is 0 Å². The molecule has 1 N–H and O–H groups in total. The van der Waals surface area contributed by atoms with Gasteiger partial charge in [0.25, 0.3) is 5.91 Å². The fourth-order valence-corrected chi connectivity index (χ4v) is 4.38. The minimum Gasteiger partial charge on any atom is -0.496 e. The second-order valence-electron chi connectivity index (χ2n) is 7.99. The van der Waals surface area contributed by atoms with Crippen LogP contribution in [0.1, 0.15) is 11.1 Å². The summed E-state index contributed by atoms with van der Waals surface area (Å²) in [6.07, 6.45) is 3.50. The van der Waals surface area contributed by atoms with Crippen molar-refractivity contribution in [2.75, 3.05) is 19.1 Å². The topological polar surface area (TPSA) is 72.9 Å². The lowest BCUT2D eigenvalue weighted by atomic mass is 10.1. The molecular weight excluding hydrogens is 474 g/mol. The zero-order chi connectivity index (χ0) is 25.1. The highest BCUT2D eigenvalue weighted by molar-refractivity contribution is 7.80. The van der Waals surface area contributed by atoms with Crippen LogP contribution in [0.5, 0.6) is 17.2 Å². The molecule has 0 saturated carbocycles. The molecule has 1 fully saturated rings. The Morgan fingerprint density at radius 3 is 2.56 bits per heavy atom. The molecule has 0 atom stereocenters. The van der Waals surface area contributed by atoms with Gasteiger partial charge in [-0.3, -0.25) is 9.78 Å². The first-order valence-electron chi connectivity index (χ1n) is 11.2. The van der Waals surface area contributed by atoms with Crippen LogP contribution in [0.4, 0.5) is 5.69 Å². The maximum absolute atomic E-state index is 13.2. The molecule has 4 aromatic rings. The number of fused-ring (bicyclic) bond motifs is 1. The number of ether oxygens (including phenoxy) is 3. The van der Waals surface area contributed by atoms with Crippen LogP contribution in [0.25, 0.3) is 17.0 Å². The standard InChI is InChI=1S/C28H23N3O4S/c1-33-23-13-12-18(15-20(23)17-35-25-11-5-7-19-8-6-14-29-26(19)25)16-21-27(32)31(28(36)30-21)22-9-3-4-10-24(22)34-2/h3-16H,17H2,1-2H3,(H,30,36)/b21-16+. The quantitative estimate of drug-likeness (QED) is 0.282. The zero-order valence-corrected chi connectivity index (χ0v) is 20.5. The number of rotatable bonds is 7. The molecule has 7 nitrogen and oxygen atoms in total. The van der Waals surface area contributed by atoms with E-state index in [0.29, 0.717) is 28.6 Å². The summed E-state index contributed by atoms with van der Waals surface area (Å²) in [4.78, 5) is 19.1. The summed E-state index contributed by atoms with van der Waals surface area (Å²) in [5.74, 6) is 1.66. The van der Waals surface area contributed by atoms with Crippen molar-refractivity contribution in [3.05, 3.63) is 95.8 Å². The molecule has 36 heavy (non-hydrogen) atoms. The van der Waals surface area contributed by atoms with Crippen molar-refractivity contribution in [3.63, 3.8) is 0 Å². The number of anilines is 1. The smallest absolute Gasteiger partial charge is 0.281 e. The van der Waals surface area contributed by atoms with Crippen molar-refractivity contribution in [1.29, 1.82) is 0 Å². The maximum atomic E-state index is 13.2. The number of carbonyl (C=O) groups excluding carboxylic acids is 1. The van der Waals surface area contributed by atoms with Crippen molar-refractivity contribution in [2.24, 2.45) is 0 Å². The van der Waals surface area contributed by atoms with Crippen molar-refractivity contribution in [2.45, 2.75) is 6.61 Å². The van der Waals surface area contributed by atoms with E-state index >= 15 is 0 Å². The van der Waals surface area contributed by atoms with Gasteiger partial charge in [0, 0.05) is 17.1 Å². The van der Waals surface area contributed by atoms with Crippen LogP contribution < -0.4 is 24.4 Å². The Morgan fingerprint density at radius 1 is 0.944 bits per heavy atom. The van der Waals surface area contributed by atoms with Gasteiger partial charge in [0.2, 0.25) is 0 Å². The Hall–Kier alpha value is -4.43. The Kier molecular flexibility index (Phi) is 6.51. The Bertz CT molecular complexity index is 1500. The molecule has 3 aromatic carbocycles. The SMILES string of the molecule is COc1ccc(/C=C2/NC(=S)N(c3ccccc3OC)C2=O)cc1COc1cccc2cccnc12. The van der Waals surface area contributed by atoms with Gasteiger partial charge in [-0.05, 0) is 60.3 Å². The number of hydrogen-bond donors (Lipinski definition) is 1. The molecule has 5 rings (SSSR count). The molecule has 1 saturated heterocycles. The van der Waals surface area contributed by atoms with Crippen LogP contribution in [-0.4, -0.2) is 30.2 Å². The molecule has 2 heterocycles. The van der Waals surface area contributed by atoms with Crippen LogP contribution in [0, 0.1) is 0 Å². The highest BCUT2D eigenvalue weighted by atomic mass is 32.1. The lowest BCUT2D eigenvalue weighted by Crippen LogP contribution is -2.30. The molecule has 0 radical (unpaired) electrons. The number of carbonyl (C=O) groups is 1. The molecular formula is C28H23N3O4S. The first-order chi connectivity index (χ1) is 17.6. The van der Waals surface area contributed by atoms with E-state index in [1.54, 1.807) is 38.6 Å². The highest BCUT2D eigenvalue weighted by Gasteiger charge is 2.33. The predicted molar refractivity (Wildman–Crippen MR) is 143 cm³/mol. The highest BCUT2D eigenvalue weighted by Crippen LogP contribution is 2.32. The molecule has 1 amide bonds. The molecule has 8 heteroatoms. The lowest BCUT2D eigenvalue weighted by Gasteiger charge is -2.17. The first kappa shape index (κ1) is 23.3. The average Bonchev–Trinajstić information content (AvgIpc) is 3.19. The third-order valence-electron chi connectivity index (χ3n) is 5.80. The maximum Gasteiger partial charge on any atom is 0.281 e. The van der Waals surface area contributed by atoms with Crippen molar-refractivity contribution in [3.8, 4) is 17.2 Å². The third kappa shape index (κ3) is 4.46. The van der Waals surface area contributed by atoms with Crippen LogP contribution in [-0.2, 0) is 11.4 Å². The van der Waals surface area contributed by atoms with Gasteiger partial charge in [0.15, 0.2) is 5.11 Å². The van der Waals surface area contributed by atoms with Crippen molar-refractivity contribution in [1.82, 2.24) is 10.3 Å². The fraction of sp³-hybridized carbons (Fsp3) is 0.107. The second kappa shape index (κ2) is 10.1. The fourth-order valence-electron chi connectivity index (χ4n) is 4.08. The number of nitrogens with one attached hydrogen (secondary N) is 1. The molecule has 1 aliphatic heterocycles. The number of nitrogens with zero attached hydrogens (tertiary/aromatic N) is 2. The first-order valence-corrected chi connectivity index (χ1v) is 11.6. The number of methoxy groups -OCH3 is 2. The molecule has 0 spiro atoms. The Morgan fingerprint density at radius 2 is 1.72 bits per heavy atom. The van der Waals surface area contributed by atoms with E-state index in [2.05, 4.69) is 10.3 Å². The zero-order valence-electron chi connectivity index (χ0n) is 19.7. The van der Waals surface area contributed by atoms with Crippen LogP contribution in [0.15, 0.2) is 84.7 Å². The summed E-state index contributed by atoms with van der Waals surface area (Å²) in [6, 6.07) is 22.6. The van der Waals surface area contributed by atoms with Crippen molar-refractivity contribution < 1.29 is 19.0 Å². The van der Waals surface area contributed by atoms with Crippen LogP contribution >= 0.6 is 12.2 Å². The van der Waals surface area contributed by atoms with E-state index < -0.39 is 0 Å². The van der Waals surface area contributed by atoms with Crippen LogP contribution in [0.2, 0.25) is 0 Å². The molecule has 0 bridgehead atoms. The minimum atomic E-state index is -0.264. The Balaban J connectivity index is 1.41. The summed E-state index contributed by atoms with van der Waals surface area (Å²) in [5.41, 5.74) is 3.36. The largest absolute Gasteiger partial charge is 0.496 e. The number of benzene rings is 3. The second-order valence-corrected chi connectivity index (χ2v) is 8.38. The van der Waals surface area contributed by atoms with Gasteiger partial charge in [-0.25, -0.2) is 4.90 Å². The molecule has 0 unspecified atom stereocenters. The van der Waals surface area contributed by atoms with Gasteiger partial charge < -0.3 is 19.5 Å². The number of amides is 1. The van der Waals surface area contributed by atoms with E-state index in [9.17, 15) is 4.79 Å². The number of pyridine rings is 1. The summed E-state index contributed by atoms with van der Waals surface area (Å²) in [6.45, 7) is 0.267. The van der Waals surface area contributed by atoms with E-state index in [-0.39, 0.29) is 17.6 Å². The number of para-hydroxylation sites is 3. The van der Waals surface area contributed by atoms with Gasteiger partial charge in [0.1, 0.15) is 35.1 Å². The minimum absolute atomic E-state index is 0.264. The monoisotopic (exact) mass is 497 g/mol. The average molecular weight is 498 g/mol. The van der Waals surface area contributed by atoms with E-state index in [1.807, 2.05) is 60.7 Å². The van der Waals surface area contributed by atoms with Gasteiger partial charge >= 0.3 is 0 Å². The Labute approximate surface area is 213 Å². The number of thiocarbonyl (C=S) groups is 1. The van der Waals surface area contributed by atoms with E-state index in [1.165, 1.54) is 4.90 Å². The van der Waals surface area contributed by atoms with E-state index in [4.69, 9.17) is 26.4 Å². The lowest BCUT2D eigenvalue weighted by molar-refractivity contribution is -0.113. The van der Waals surface area contributed by atoms with E-state index in [0.717, 1.165) is 22.0 Å². The van der Waals surface area contributed by atoms with Gasteiger partial charge in [-0.1, -0.05) is 36.4 Å². The molecule has 1 aliphatic rings. The van der Waals surface area contributed by atoms with Crippen molar-refractivity contribution >= 4 is 45.9 Å². The summed E-state index contributed by atoms with van der Waals surface area (Å²) >= 11 is 5.45. The summed E-state index contributed by atoms with van der Waals surface area (Å²) in [5, 5.41) is 4.31. The number of aromatic nitrogens is 1. The number of hydrogen-bond acceptors (Lipinski definition) is 6. The summed E-state index contributed by atoms with van der Waals surface area (Å²) < 4.78 is 17.1. The molecule has 0 aliphatic carbocycles. The normalized spacial score (nSPS) is 14.3. The molecule has 180 valence electrons.